The Morgan fingerprint density at radius 3 is 1.39 bits per heavy atom. The molecule has 1 unspecified atom stereocenters. The number of carbonyl (C=O) groups is 1. The fourth-order valence-corrected chi connectivity index (χ4v) is 6.25. The maximum atomic E-state index is 11.6. The van der Waals surface area contributed by atoms with Crippen LogP contribution < -0.4 is 0 Å². The molecule has 0 saturated carbocycles. The van der Waals surface area contributed by atoms with Gasteiger partial charge in [-0.1, -0.05) is 70.4 Å². The molecule has 0 aliphatic heterocycles. The molecule has 0 rings (SSSR count). The van der Waals surface area contributed by atoms with Gasteiger partial charge in [0.25, 0.3) is 0 Å². The van der Waals surface area contributed by atoms with Gasteiger partial charge in [-0.2, -0.15) is 0 Å². The molecule has 4 nitrogen and oxygen atoms in total. The van der Waals surface area contributed by atoms with E-state index in [1.165, 1.54) is 103 Å². The Labute approximate surface area is 231 Å². The number of hydrogen-bond acceptors (Lipinski definition) is 3. The van der Waals surface area contributed by atoms with Crippen LogP contribution in [0.2, 0.25) is 0 Å². The summed E-state index contributed by atoms with van der Waals surface area (Å²) in [7, 11) is 0. The summed E-state index contributed by atoms with van der Waals surface area (Å²) in [6.45, 7) is 2.26. The van der Waals surface area contributed by atoms with Crippen LogP contribution >= 0.6 is 5.96 Å². The van der Waals surface area contributed by atoms with Crippen molar-refractivity contribution in [3.63, 3.8) is 0 Å². The van der Waals surface area contributed by atoms with Crippen LogP contribution in [-0.2, 0) is 4.79 Å². The minimum atomic E-state index is -2.69. The Balaban J connectivity index is 3.50. The Bertz CT molecular complexity index is 561. The minimum absolute atomic E-state index is 0.151. The summed E-state index contributed by atoms with van der Waals surface area (Å²) in [4.78, 5) is 30.3. The molecular weight excluding hydrogens is 534 g/mol. The number of allylic oxidation sites excluding steroid dienone is 2. The average Bonchev–Trinajstić information content (AvgIpc) is 2.82. The molecule has 0 aliphatic rings. The molecular formula is C30H59O4PSe. The molecule has 0 radical (unpaired) electrons. The first-order chi connectivity index (χ1) is 17.4. The molecule has 36 heavy (non-hydrogen) atoms. The predicted octanol–water partition coefficient (Wildman–Crippen LogP) is 9.54. The summed E-state index contributed by atoms with van der Waals surface area (Å²) < 4.78 is 0. The third kappa shape index (κ3) is 28.6. The average molecular weight is 594 g/mol. The topological polar surface area (TPSA) is 77.8 Å². The van der Waals surface area contributed by atoms with Crippen molar-refractivity contribution in [2.75, 3.05) is 6.16 Å². The zero-order valence-electron chi connectivity index (χ0n) is 23.5. The summed E-state index contributed by atoms with van der Waals surface area (Å²) in [6, 6.07) is 0. The molecule has 1 atom stereocenters. The minimum Gasteiger partial charge on any atom is -0.481 e. The molecule has 0 amide bonds. The van der Waals surface area contributed by atoms with Gasteiger partial charge in [-0.15, -0.1) is 0 Å². The number of carboxylic acid groups (broad SMARTS) is 1. The van der Waals surface area contributed by atoms with Crippen LogP contribution in [0.1, 0.15) is 161 Å². The summed E-state index contributed by atoms with van der Waals surface area (Å²) in [5, 5.41) is 9.55. The van der Waals surface area contributed by atoms with Gasteiger partial charge in [0.15, 0.2) is 0 Å². The van der Waals surface area contributed by atoms with Crippen molar-refractivity contribution in [3.8, 4) is 0 Å². The summed E-state index contributed by atoms with van der Waals surface area (Å²) in [5.74, 6) is -3.44. The number of rotatable bonds is 28. The largest absolute Gasteiger partial charge is 0.481 e. The number of hydrogen-bond donors (Lipinski definition) is 3. The summed E-state index contributed by atoms with van der Waals surface area (Å²) in [6.07, 6.45) is 33.7. The van der Waals surface area contributed by atoms with Crippen LogP contribution in [-0.4, -0.2) is 42.1 Å². The molecule has 0 aliphatic carbocycles. The van der Waals surface area contributed by atoms with Crippen molar-refractivity contribution in [3.05, 3.63) is 12.2 Å². The van der Waals surface area contributed by atoms with E-state index in [4.69, 9.17) is 0 Å². The van der Waals surface area contributed by atoms with Crippen LogP contribution in [0.15, 0.2) is 12.2 Å². The SMILES string of the molecule is CCCCCCCC/C=C\CCCCCCC(CCCCCCCCCCCCP(O)(O)=[Se])C(=O)O. The quantitative estimate of drug-likeness (QED) is 0.0365. The fourth-order valence-electron chi connectivity index (χ4n) is 4.80. The molecule has 0 spiro atoms. The van der Waals surface area contributed by atoms with Crippen LogP contribution in [0, 0.1) is 5.92 Å². The van der Waals surface area contributed by atoms with E-state index in [1.54, 1.807) is 0 Å². The molecule has 0 fully saturated rings. The van der Waals surface area contributed by atoms with Crippen molar-refractivity contribution in [1.29, 1.82) is 0 Å². The van der Waals surface area contributed by atoms with Crippen molar-refractivity contribution in [2.24, 2.45) is 5.92 Å². The monoisotopic (exact) mass is 594 g/mol. The van der Waals surface area contributed by atoms with Gasteiger partial charge >= 0.3 is 107 Å². The number of aliphatic carboxylic acids is 1. The van der Waals surface area contributed by atoms with Gasteiger partial charge in [0, 0.05) is 0 Å². The third-order valence-corrected chi connectivity index (χ3v) is 9.21. The summed E-state index contributed by atoms with van der Waals surface area (Å²) in [5.41, 5.74) is 0. The molecule has 0 bridgehead atoms. The van der Waals surface area contributed by atoms with Crippen molar-refractivity contribution in [2.45, 2.75) is 161 Å². The standard InChI is InChI=1S/C30H59O4PSe/c1-2-3-4-5-6-7-8-9-10-11-14-17-20-23-26-29(30(31)32)27-24-21-18-15-12-13-16-19-22-25-28-35(33,34)36/h9-10,29H,2-8,11-28H2,1H3,(H,31,32)(H2,33,34,36)/b10-9-. The maximum absolute atomic E-state index is 11.6. The smallest absolute Gasteiger partial charge is 0.306 e. The first kappa shape index (κ1) is 36.1. The molecule has 0 aromatic heterocycles. The van der Waals surface area contributed by atoms with Gasteiger partial charge in [-0.3, -0.25) is 4.79 Å². The Hall–Kier alpha value is 0.0795. The van der Waals surface area contributed by atoms with Gasteiger partial charge in [-0.25, -0.2) is 0 Å². The van der Waals surface area contributed by atoms with E-state index >= 15 is 0 Å². The van der Waals surface area contributed by atoms with E-state index in [0.29, 0.717) is 6.16 Å². The maximum Gasteiger partial charge on any atom is 0.306 e. The zero-order chi connectivity index (χ0) is 26.7. The second-order valence-electron chi connectivity index (χ2n) is 10.8. The summed E-state index contributed by atoms with van der Waals surface area (Å²) >= 11 is 2.48. The normalized spacial score (nSPS) is 13.0. The molecule has 0 heterocycles. The molecule has 6 heteroatoms. The van der Waals surface area contributed by atoms with Crippen LogP contribution in [0.4, 0.5) is 0 Å². The first-order valence-electron chi connectivity index (χ1n) is 15.3. The molecule has 3 N–H and O–H groups in total. The van der Waals surface area contributed by atoms with Gasteiger partial charge in [0.1, 0.15) is 0 Å². The van der Waals surface area contributed by atoms with Crippen molar-refractivity contribution < 1.29 is 19.7 Å². The second kappa shape index (κ2) is 26.7. The van der Waals surface area contributed by atoms with E-state index in [0.717, 1.165) is 51.4 Å². The first-order valence-corrected chi connectivity index (χ1v) is 19.4. The Morgan fingerprint density at radius 2 is 1.00 bits per heavy atom. The third-order valence-electron chi connectivity index (χ3n) is 7.17. The van der Waals surface area contributed by atoms with E-state index in [-0.39, 0.29) is 5.92 Å². The van der Waals surface area contributed by atoms with E-state index in [1.807, 2.05) is 0 Å². The number of unbranched alkanes of at least 4 members (excludes halogenated alkanes) is 19. The second-order valence-corrected chi connectivity index (χ2v) is 16.2. The van der Waals surface area contributed by atoms with Crippen molar-refractivity contribution in [1.82, 2.24) is 0 Å². The van der Waals surface area contributed by atoms with Crippen LogP contribution in [0.25, 0.3) is 0 Å². The van der Waals surface area contributed by atoms with Gasteiger partial charge in [-0.05, 0) is 38.5 Å². The van der Waals surface area contributed by atoms with Gasteiger partial charge in [0.05, 0.1) is 5.92 Å². The van der Waals surface area contributed by atoms with Crippen LogP contribution in [0.5, 0.6) is 0 Å². The van der Waals surface area contributed by atoms with Crippen LogP contribution in [0.3, 0.4) is 0 Å². The fraction of sp³-hybridized carbons (Fsp3) is 0.900. The van der Waals surface area contributed by atoms with E-state index in [2.05, 4.69) is 34.2 Å². The Kier molecular flexibility index (Phi) is 26.7. The predicted molar refractivity (Wildman–Crippen MR) is 159 cm³/mol. The van der Waals surface area contributed by atoms with Crippen molar-refractivity contribution >= 4 is 27.0 Å². The number of carboxylic acids is 1. The Morgan fingerprint density at radius 1 is 0.639 bits per heavy atom. The molecule has 214 valence electrons. The van der Waals surface area contributed by atoms with Gasteiger partial charge < -0.3 is 5.11 Å². The van der Waals surface area contributed by atoms with E-state index < -0.39 is 11.9 Å². The zero-order valence-corrected chi connectivity index (χ0v) is 26.1. The molecule has 0 saturated heterocycles. The molecule has 0 aromatic carbocycles. The van der Waals surface area contributed by atoms with Gasteiger partial charge in [0.2, 0.25) is 0 Å². The molecule has 0 aromatic rings. The van der Waals surface area contributed by atoms with E-state index in [9.17, 15) is 19.7 Å².